The van der Waals surface area contributed by atoms with Gasteiger partial charge in [-0.2, -0.15) is 0 Å². The lowest BCUT2D eigenvalue weighted by molar-refractivity contribution is 0.0989. The van der Waals surface area contributed by atoms with Crippen molar-refractivity contribution in [3.05, 3.63) is 74.6 Å². The van der Waals surface area contributed by atoms with Crippen LogP contribution in [-0.2, 0) is 13.0 Å². The Labute approximate surface area is 173 Å². The third kappa shape index (κ3) is 3.95. The summed E-state index contributed by atoms with van der Waals surface area (Å²) in [6.45, 7) is 2.57. The number of aryl methyl sites for hydroxylation is 1. The summed E-state index contributed by atoms with van der Waals surface area (Å²) in [7, 11) is 0. The van der Waals surface area contributed by atoms with Gasteiger partial charge in [-0.1, -0.05) is 30.4 Å². The molecule has 1 amide bonds. The van der Waals surface area contributed by atoms with Crippen molar-refractivity contribution >= 4 is 59.9 Å². The molecule has 4 rings (SSSR count). The van der Waals surface area contributed by atoms with Crippen molar-refractivity contribution in [3.63, 3.8) is 0 Å². The van der Waals surface area contributed by atoms with Gasteiger partial charge < -0.3 is 0 Å². The van der Waals surface area contributed by atoms with E-state index in [-0.39, 0.29) is 5.91 Å². The molecule has 3 aromatic heterocycles. The third-order valence-electron chi connectivity index (χ3n) is 4.17. The minimum atomic E-state index is -0.0516. The first kappa shape index (κ1) is 18.3. The van der Waals surface area contributed by atoms with Gasteiger partial charge in [0.2, 0.25) is 0 Å². The second-order valence-corrected chi connectivity index (χ2v) is 9.48. The van der Waals surface area contributed by atoms with Crippen LogP contribution in [0, 0.1) is 0 Å². The van der Waals surface area contributed by atoms with Crippen LogP contribution in [0.15, 0.2) is 58.6 Å². The zero-order valence-corrected chi connectivity index (χ0v) is 17.8. The molecule has 27 heavy (non-hydrogen) atoms. The lowest BCUT2D eigenvalue weighted by atomic mass is 10.2. The van der Waals surface area contributed by atoms with E-state index in [2.05, 4.69) is 40.0 Å². The molecule has 0 bridgehead atoms. The normalized spacial score (nSPS) is 11.0. The summed E-state index contributed by atoms with van der Waals surface area (Å²) in [4.78, 5) is 24.6. The van der Waals surface area contributed by atoms with Crippen molar-refractivity contribution in [3.8, 4) is 0 Å². The fourth-order valence-electron chi connectivity index (χ4n) is 2.76. The predicted octanol–water partition coefficient (Wildman–Crippen LogP) is 5.92. The van der Waals surface area contributed by atoms with Crippen molar-refractivity contribution in [1.29, 1.82) is 0 Å². The molecule has 7 heteroatoms. The first-order valence-electron chi connectivity index (χ1n) is 8.49. The minimum Gasteiger partial charge on any atom is -0.279 e. The number of benzene rings is 1. The Morgan fingerprint density at radius 3 is 2.74 bits per heavy atom. The van der Waals surface area contributed by atoms with Gasteiger partial charge in [0, 0.05) is 12.4 Å². The van der Waals surface area contributed by atoms with E-state index in [9.17, 15) is 4.79 Å². The Kier molecular flexibility index (Phi) is 5.33. The van der Waals surface area contributed by atoms with Crippen molar-refractivity contribution in [2.24, 2.45) is 0 Å². The highest BCUT2D eigenvalue weighted by Gasteiger charge is 2.23. The van der Waals surface area contributed by atoms with E-state index in [4.69, 9.17) is 4.98 Å². The highest BCUT2D eigenvalue weighted by atomic mass is 79.9. The first-order valence-corrected chi connectivity index (χ1v) is 10.9. The molecule has 3 heterocycles. The van der Waals surface area contributed by atoms with Crippen molar-refractivity contribution in [2.75, 3.05) is 4.90 Å². The summed E-state index contributed by atoms with van der Waals surface area (Å²) in [5.41, 5.74) is 3.16. The predicted molar refractivity (Wildman–Crippen MR) is 116 cm³/mol. The number of hydrogen-bond donors (Lipinski definition) is 0. The molecule has 0 atom stereocenters. The number of nitrogens with zero attached hydrogens (tertiary/aromatic N) is 3. The average Bonchev–Trinajstić information content (AvgIpc) is 3.31. The Bertz CT molecular complexity index is 1090. The highest BCUT2D eigenvalue weighted by Crippen LogP contribution is 2.33. The van der Waals surface area contributed by atoms with Gasteiger partial charge in [-0.05, 0) is 63.8 Å². The number of amides is 1. The van der Waals surface area contributed by atoms with Gasteiger partial charge in [0.15, 0.2) is 5.13 Å². The maximum atomic E-state index is 13.2. The van der Waals surface area contributed by atoms with Crippen LogP contribution >= 0.6 is 38.6 Å². The third-order valence-corrected chi connectivity index (χ3v) is 6.83. The van der Waals surface area contributed by atoms with Gasteiger partial charge in [-0.15, -0.1) is 11.3 Å². The number of carbonyl (C=O) groups excluding carboxylic acids is 1. The van der Waals surface area contributed by atoms with Crippen molar-refractivity contribution < 1.29 is 4.79 Å². The Morgan fingerprint density at radius 1 is 1.15 bits per heavy atom. The van der Waals surface area contributed by atoms with Crippen molar-refractivity contribution in [2.45, 2.75) is 19.9 Å². The van der Waals surface area contributed by atoms with Gasteiger partial charge in [0.05, 0.1) is 25.4 Å². The SMILES string of the molecule is CCc1ccc2nc(N(Cc3cccnc3)C(=O)c3ccc(Br)s3)sc2c1. The van der Waals surface area contributed by atoms with Crippen LogP contribution < -0.4 is 4.90 Å². The van der Waals surface area contributed by atoms with Crippen molar-refractivity contribution in [1.82, 2.24) is 9.97 Å². The maximum Gasteiger partial charge on any atom is 0.270 e. The second-order valence-electron chi connectivity index (χ2n) is 6.01. The van der Waals surface area contributed by atoms with Crippen LogP contribution in [0.4, 0.5) is 5.13 Å². The molecule has 0 N–H and O–H groups in total. The number of thiophene rings is 1. The van der Waals surface area contributed by atoms with Crippen LogP contribution in [0.5, 0.6) is 0 Å². The van der Waals surface area contributed by atoms with E-state index in [1.54, 1.807) is 28.6 Å². The molecule has 0 radical (unpaired) electrons. The fourth-order valence-corrected chi connectivity index (χ4v) is 5.12. The molecule has 0 saturated carbocycles. The molecular formula is C20H16BrN3OS2. The van der Waals surface area contributed by atoms with Crippen LogP contribution in [0.25, 0.3) is 10.2 Å². The van der Waals surface area contributed by atoms with E-state index >= 15 is 0 Å². The van der Waals surface area contributed by atoms with Gasteiger partial charge in [-0.3, -0.25) is 14.7 Å². The molecule has 136 valence electrons. The monoisotopic (exact) mass is 457 g/mol. The second kappa shape index (κ2) is 7.88. The van der Waals surface area contributed by atoms with Crippen LogP contribution in [-0.4, -0.2) is 15.9 Å². The van der Waals surface area contributed by atoms with Gasteiger partial charge in [-0.25, -0.2) is 4.98 Å². The zero-order valence-electron chi connectivity index (χ0n) is 14.6. The molecule has 4 aromatic rings. The number of fused-ring (bicyclic) bond motifs is 1. The Morgan fingerprint density at radius 2 is 2.04 bits per heavy atom. The van der Waals surface area contributed by atoms with E-state index < -0.39 is 0 Å². The van der Waals surface area contributed by atoms with E-state index in [0.29, 0.717) is 16.6 Å². The van der Waals surface area contributed by atoms with E-state index in [0.717, 1.165) is 26.0 Å². The summed E-state index contributed by atoms with van der Waals surface area (Å²) in [5, 5.41) is 0.705. The van der Waals surface area contributed by atoms with Crippen LogP contribution in [0.1, 0.15) is 27.7 Å². The summed E-state index contributed by atoms with van der Waals surface area (Å²) >= 11 is 6.42. The standard InChI is InChI=1S/C20H16BrN3OS2/c1-2-13-5-6-15-17(10-13)27-20(23-15)24(12-14-4-3-9-22-11-14)19(25)16-7-8-18(21)26-16/h3-11H,2,12H2,1H3. The van der Waals surface area contributed by atoms with E-state index in [1.807, 2.05) is 30.3 Å². The number of aromatic nitrogens is 2. The minimum absolute atomic E-state index is 0.0516. The topological polar surface area (TPSA) is 46.1 Å². The van der Waals surface area contributed by atoms with E-state index in [1.165, 1.54) is 16.9 Å². The lowest BCUT2D eigenvalue weighted by Gasteiger charge is -2.19. The molecule has 0 aliphatic heterocycles. The molecular weight excluding hydrogens is 442 g/mol. The molecule has 0 fully saturated rings. The molecule has 0 saturated heterocycles. The largest absolute Gasteiger partial charge is 0.279 e. The molecule has 0 unspecified atom stereocenters. The maximum absolute atomic E-state index is 13.2. The number of pyridine rings is 1. The number of rotatable bonds is 5. The summed E-state index contributed by atoms with van der Waals surface area (Å²) in [5.74, 6) is -0.0516. The average molecular weight is 458 g/mol. The zero-order chi connectivity index (χ0) is 18.8. The smallest absolute Gasteiger partial charge is 0.270 e. The fraction of sp³-hybridized carbons (Fsp3) is 0.150. The molecule has 1 aromatic carbocycles. The number of anilines is 1. The van der Waals surface area contributed by atoms with Crippen LogP contribution in [0.3, 0.4) is 0 Å². The molecule has 0 aliphatic rings. The van der Waals surface area contributed by atoms with Crippen LogP contribution in [0.2, 0.25) is 0 Å². The molecule has 0 aliphatic carbocycles. The summed E-state index contributed by atoms with van der Waals surface area (Å²) < 4.78 is 2.03. The van der Waals surface area contributed by atoms with Gasteiger partial charge in [0.1, 0.15) is 0 Å². The number of halogens is 1. The Hall–Kier alpha value is -2.09. The number of hydrogen-bond acceptors (Lipinski definition) is 5. The first-order chi connectivity index (χ1) is 13.1. The summed E-state index contributed by atoms with van der Waals surface area (Å²) in [6, 6.07) is 13.9. The highest BCUT2D eigenvalue weighted by molar-refractivity contribution is 9.11. The van der Waals surface area contributed by atoms with Gasteiger partial charge in [0.25, 0.3) is 5.91 Å². The quantitative estimate of drug-likeness (QED) is 0.373. The molecule has 0 spiro atoms. The van der Waals surface area contributed by atoms with Gasteiger partial charge >= 0.3 is 0 Å². The Balaban J connectivity index is 1.75. The number of carbonyl (C=O) groups is 1. The molecule has 4 nitrogen and oxygen atoms in total. The summed E-state index contributed by atoms with van der Waals surface area (Å²) in [6.07, 6.45) is 4.49. The lowest BCUT2D eigenvalue weighted by Crippen LogP contribution is -2.29. The number of thiazole rings is 1.